The van der Waals surface area contributed by atoms with Crippen molar-refractivity contribution in [1.82, 2.24) is 14.9 Å². The molecular weight excluding hydrogens is 246 g/mol. The smallest absolute Gasteiger partial charge is 0.0955 e. The minimum Gasteiger partial charge on any atom is -0.330 e. The first kappa shape index (κ1) is 13.4. The molecule has 2 heterocycles. The highest BCUT2D eigenvalue weighted by Gasteiger charge is 2.20. The molecule has 3 rings (SSSR count). The molecular formula is C17H23N3. The van der Waals surface area contributed by atoms with Crippen LogP contribution in [0.25, 0.3) is 0 Å². The third-order valence-corrected chi connectivity index (χ3v) is 4.20. The van der Waals surface area contributed by atoms with Gasteiger partial charge in [0.1, 0.15) is 0 Å². The first-order valence-corrected chi connectivity index (χ1v) is 7.51. The SMILES string of the molecule is CC(C)c1ccc(Cn2cnc3c2CCNC3C)cc1. The highest BCUT2D eigenvalue weighted by atomic mass is 15.1. The van der Waals surface area contributed by atoms with E-state index < -0.39 is 0 Å². The molecule has 20 heavy (non-hydrogen) atoms. The molecule has 0 amide bonds. The van der Waals surface area contributed by atoms with E-state index in [1.165, 1.54) is 22.5 Å². The number of rotatable bonds is 3. The second-order valence-corrected chi connectivity index (χ2v) is 6.03. The number of benzene rings is 1. The molecule has 1 aromatic carbocycles. The highest BCUT2D eigenvalue weighted by molar-refractivity contribution is 5.27. The van der Waals surface area contributed by atoms with Crippen LogP contribution in [0.1, 0.15) is 55.2 Å². The normalized spacial score (nSPS) is 18.3. The predicted molar refractivity (Wildman–Crippen MR) is 82.0 cm³/mol. The van der Waals surface area contributed by atoms with Crippen LogP contribution >= 0.6 is 0 Å². The Morgan fingerprint density at radius 2 is 2.05 bits per heavy atom. The van der Waals surface area contributed by atoms with E-state index in [2.05, 4.69) is 59.9 Å². The van der Waals surface area contributed by atoms with Crippen molar-refractivity contribution in [3.05, 3.63) is 53.1 Å². The van der Waals surface area contributed by atoms with Crippen LogP contribution in [0.3, 0.4) is 0 Å². The summed E-state index contributed by atoms with van der Waals surface area (Å²) in [5.41, 5.74) is 5.36. The predicted octanol–water partition coefficient (Wildman–Crippen LogP) is 3.26. The van der Waals surface area contributed by atoms with Gasteiger partial charge >= 0.3 is 0 Å². The van der Waals surface area contributed by atoms with Crippen LogP contribution < -0.4 is 5.32 Å². The lowest BCUT2D eigenvalue weighted by Gasteiger charge is -2.21. The Bertz CT molecular complexity index is 581. The molecule has 0 fully saturated rings. The van der Waals surface area contributed by atoms with E-state index in [0.29, 0.717) is 12.0 Å². The summed E-state index contributed by atoms with van der Waals surface area (Å²) in [7, 11) is 0. The molecule has 1 N–H and O–H groups in total. The lowest BCUT2D eigenvalue weighted by Crippen LogP contribution is -2.29. The van der Waals surface area contributed by atoms with Gasteiger partial charge in [0.15, 0.2) is 0 Å². The Morgan fingerprint density at radius 1 is 1.30 bits per heavy atom. The Labute approximate surface area is 121 Å². The number of fused-ring (bicyclic) bond motifs is 1. The summed E-state index contributed by atoms with van der Waals surface area (Å²) >= 11 is 0. The number of hydrogen-bond donors (Lipinski definition) is 1. The highest BCUT2D eigenvalue weighted by Crippen LogP contribution is 2.22. The first-order chi connectivity index (χ1) is 9.65. The van der Waals surface area contributed by atoms with Gasteiger partial charge in [0.25, 0.3) is 0 Å². The van der Waals surface area contributed by atoms with Crippen molar-refractivity contribution in [2.45, 2.75) is 45.7 Å². The summed E-state index contributed by atoms with van der Waals surface area (Å²) in [5.74, 6) is 0.594. The third-order valence-electron chi connectivity index (χ3n) is 4.20. The number of nitrogens with one attached hydrogen (secondary N) is 1. The van der Waals surface area contributed by atoms with Gasteiger partial charge in [0.05, 0.1) is 12.0 Å². The van der Waals surface area contributed by atoms with E-state index in [4.69, 9.17) is 0 Å². The lowest BCUT2D eigenvalue weighted by molar-refractivity contribution is 0.516. The van der Waals surface area contributed by atoms with Crippen LogP contribution in [-0.4, -0.2) is 16.1 Å². The maximum absolute atomic E-state index is 4.58. The zero-order valence-electron chi connectivity index (χ0n) is 12.6. The van der Waals surface area contributed by atoms with Gasteiger partial charge in [0, 0.05) is 31.2 Å². The van der Waals surface area contributed by atoms with Gasteiger partial charge in [-0.2, -0.15) is 0 Å². The van der Waals surface area contributed by atoms with Gasteiger partial charge in [-0.15, -0.1) is 0 Å². The molecule has 0 aliphatic carbocycles. The Kier molecular flexibility index (Phi) is 3.62. The van der Waals surface area contributed by atoms with Crippen molar-refractivity contribution < 1.29 is 0 Å². The maximum atomic E-state index is 4.58. The van der Waals surface area contributed by atoms with Crippen LogP contribution in [-0.2, 0) is 13.0 Å². The largest absolute Gasteiger partial charge is 0.330 e. The lowest BCUT2D eigenvalue weighted by atomic mass is 10.0. The van der Waals surface area contributed by atoms with Crippen LogP contribution in [0.5, 0.6) is 0 Å². The standard InChI is InChI=1S/C17H23N3/c1-12(2)15-6-4-14(5-7-15)10-20-11-19-17-13(3)18-9-8-16(17)20/h4-7,11-13,18H,8-10H2,1-3H3. The Balaban J connectivity index is 1.81. The minimum atomic E-state index is 0.378. The molecule has 2 aromatic rings. The van der Waals surface area contributed by atoms with E-state index >= 15 is 0 Å². The van der Waals surface area contributed by atoms with Crippen molar-refractivity contribution in [3.63, 3.8) is 0 Å². The average Bonchev–Trinajstić information content (AvgIpc) is 2.84. The molecule has 1 aliphatic rings. The first-order valence-electron chi connectivity index (χ1n) is 7.51. The summed E-state index contributed by atoms with van der Waals surface area (Å²) in [6.45, 7) is 8.62. The molecule has 3 heteroatoms. The molecule has 1 atom stereocenters. The Morgan fingerprint density at radius 3 is 2.75 bits per heavy atom. The van der Waals surface area contributed by atoms with E-state index in [1.54, 1.807) is 0 Å². The number of imidazole rings is 1. The fourth-order valence-electron chi connectivity index (χ4n) is 2.90. The molecule has 1 unspecified atom stereocenters. The number of aromatic nitrogens is 2. The van der Waals surface area contributed by atoms with Gasteiger partial charge in [0.2, 0.25) is 0 Å². The molecule has 106 valence electrons. The van der Waals surface area contributed by atoms with Crippen molar-refractivity contribution in [1.29, 1.82) is 0 Å². The summed E-state index contributed by atoms with van der Waals surface area (Å²) in [5, 5.41) is 3.46. The van der Waals surface area contributed by atoms with E-state index in [-0.39, 0.29) is 0 Å². The third kappa shape index (κ3) is 2.50. The monoisotopic (exact) mass is 269 g/mol. The van der Waals surface area contributed by atoms with E-state index in [0.717, 1.165) is 19.5 Å². The molecule has 1 aromatic heterocycles. The van der Waals surface area contributed by atoms with Gasteiger partial charge in [-0.25, -0.2) is 4.98 Å². The molecule has 0 radical (unpaired) electrons. The summed E-state index contributed by atoms with van der Waals surface area (Å²) < 4.78 is 2.30. The average molecular weight is 269 g/mol. The summed E-state index contributed by atoms with van der Waals surface area (Å²) in [6.07, 6.45) is 3.06. The van der Waals surface area contributed by atoms with Gasteiger partial charge in [-0.1, -0.05) is 38.1 Å². The molecule has 1 aliphatic heterocycles. The van der Waals surface area contributed by atoms with Gasteiger partial charge < -0.3 is 9.88 Å². The topological polar surface area (TPSA) is 29.9 Å². The van der Waals surface area contributed by atoms with Crippen LogP contribution in [0.2, 0.25) is 0 Å². The zero-order valence-corrected chi connectivity index (χ0v) is 12.6. The van der Waals surface area contributed by atoms with Crippen molar-refractivity contribution in [2.75, 3.05) is 6.54 Å². The quantitative estimate of drug-likeness (QED) is 0.927. The van der Waals surface area contributed by atoms with Gasteiger partial charge in [-0.3, -0.25) is 0 Å². The molecule has 0 spiro atoms. The second-order valence-electron chi connectivity index (χ2n) is 6.03. The number of nitrogens with zero attached hydrogens (tertiary/aromatic N) is 2. The number of hydrogen-bond acceptors (Lipinski definition) is 2. The van der Waals surface area contributed by atoms with E-state index in [1.807, 2.05) is 6.33 Å². The summed E-state index contributed by atoms with van der Waals surface area (Å²) in [4.78, 5) is 4.58. The van der Waals surface area contributed by atoms with E-state index in [9.17, 15) is 0 Å². The molecule has 3 nitrogen and oxygen atoms in total. The fraction of sp³-hybridized carbons (Fsp3) is 0.471. The summed E-state index contributed by atoms with van der Waals surface area (Å²) in [6, 6.07) is 9.35. The zero-order chi connectivity index (χ0) is 14.1. The van der Waals surface area contributed by atoms with Crippen LogP contribution in [0.15, 0.2) is 30.6 Å². The molecule has 0 saturated heterocycles. The molecule has 0 bridgehead atoms. The van der Waals surface area contributed by atoms with Gasteiger partial charge in [-0.05, 0) is 24.0 Å². The minimum absolute atomic E-state index is 0.378. The van der Waals surface area contributed by atoms with Crippen molar-refractivity contribution in [3.8, 4) is 0 Å². The van der Waals surface area contributed by atoms with Crippen LogP contribution in [0.4, 0.5) is 0 Å². The second kappa shape index (κ2) is 5.41. The maximum Gasteiger partial charge on any atom is 0.0955 e. The van der Waals surface area contributed by atoms with Crippen molar-refractivity contribution >= 4 is 0 Å². The molecule has 0 saturated carbocycles. The van der Waals surface area contributed by atoms with Crippen LogP contribution in [0, 0.1) is 0 Å². The van der Waals surface area contributed by atoms with Crippen molar-refractivity contribution in [2.24, 2.45) is 0 Å². The fourth-order valence-corrected chi connectivity index (χ4v) is 2.90. The Hall–Kier alpha value is -1.61.